The van der Waals surface area contributed by atoms with Crippen LogP contribution in [0.4, 0.5) is 4.39 Å². The highest BCUT2D eigenvalue weighted by molar-refractivity contribution is 6.04. The van der Waals surface area contributed by atoms with Crippen molar-refractivity contribution >= 4 is 17.0 Å². The number of carbonyl (C=O) groups excluding carboxylic acids is 1. The highest BCUT2D eigenvalue weighted by atomic mass is 19.1. The van der Waals surface area contributed by atoms with Gasteiger partial charge in [0.25, 0.3) is 5.56 Å². The lowest BCUT2D eigenvalue weighted by Crippen LogP contribution is -2.07. The van der Waals surface area contributed by atoms with Gasteiger partial charge in [-0.1, -0.05) is 0 Å². The van der Waals surface area contributed by atoms with E-state index >= 15 is 0 Å². The van der Waals surface area contributed by atoms with Crippen molar-refractivity contribution in [2.75, 3.05) is 6.61 Å². The van der Waals surface area contributed by atoms with E-state index in [1.165, 1.54) is 28.9 Å². The molecule has 0 saturated carbocycles. The van der Waals surface area contributed by atoms with E-state index < -0.39 is 17.3 Å². The first kappa shape index (κ1) is 14.8. The zero-order valence-electron chi connectivity index (χ0n) is 12.0. The van der Waals surface area contributed by atoms with Crippen LogP contribution in [-0.2, 0) is 4.74 Å². The van der Waals surface area contributed by atoms with Gasteiger partial charge in [-0.15, -0.1) is 0 Å². The van der Waals surface area contributed by atoms with E-state index in [4.69, 9.17) is 4.74 Å². The third-order valence-electron chi connectivity index (χ3n) is 3.19. The van der Waals surface area contributed by atoms with Crippen molar-refractivity contribution in [2.45, 2.75) is 6.92 Å². The molecule has 0 saturated heterocycles. The van der Waals surface area contributed by atoms with Crippen molar-refractivity contribution in [3.8, 4) is 11.4 Å². The van der Waals surface area contributed by atoms with Gasteiger partial charge >= 0.3 is 5.97 Å². The molecule has 7 nitrogen and oxygen atoms in total. The minimum atomic E-state index is -0.735. The number of nitrogens with one attached hydrogen (secondary N) is 1. The Labute approximate surface area is 128 Å². The van der Waals surface area contributed by atoms with E-state index in [1.807, 2.05) is 0 Å². The Morgan fingerprint density at radius 1 is 1.39 bits per heavy atom. The minimum absolute atomic E-state index is 0.0624. The van der Waals surface area contributed by atoms with Crippen LogP contribution in [0.2, 0.25) is 0 Å². The highest BCUT2D eigenvalue weighted by Gasteiger charge is 2.23. The van der Waals surface area contributed by atoms with E-state index in [-0.39, 0.29) is 29.1 Å². The predicted molar refractivity (Wildman–Crippen MR) is 79.3 cm³/mol. The summed E-state index contributed by atoms with van der Waals surface area (Å²) < 4.78 is 19.2. The number of rotatable bonds is 3. The number of hydrogen-bond acceptors (Lipinski definition) is 5. The van der Waals surface area contributed by atoms with Gasteiger partial charge in [0.1, 0.15) is 17.2 Å². The van der Waals surface area contributed by atoms with E-state index in [9.17, 15) is 19.1 Å². The standard InChI is InChI=1S/C15H12FN3O4/c1-2-23-15(22)13-12-10(20)7-11(21)17-14(12)19(18-13)9-5-3-8(16)4-6-9/h3-7H,2H2,1H3,(H2,17,20,21). The number of pyridine rings is 1. The third-order valence-corrected chi connectivity index (χ3v) is 3.19. The Hall–Kier alpha value is -3.16. The minimum Gasteiger partial charge on any atom is -0.507 e. The van der Waals surface area contributed by atoms with Crippen LogP contribution in [0, 0.1) is 5.82 Å². The number of halogens is 1. The predicted octanol–water partition coefficient (Wildman–Crippen LogP) is 1.74. The van der Waals surface area contributed by atoms with Crippen LogP contribution < -0.4 is 5.56 Å². The van der Waals surface area contributed by atoms with Crippen molar-refractivity contribution in [3.05, 3.63) is 52.2 Å². The van der Waals surface area contributed by atoms with Crippen molar-refractivity contribution in [2.24, 2.45) is 0 Å². The van der Waals surface area contributed by atoms with Crippen molar-refractivity contribution in [1.82, 2.24) is 14.8 Å². The van der Waals surface area contributed by atoms with Crippen molar-refractivity contribution in [1.29, 1.82) is 0 Å². The molecular formula is C15H12FN3O4. The van der Waals surface area contributed by atoms with Crippen LogP contribution in [-0.4, -0.2) is 32.4 Å². The Morgan fingerprint density at radius 2 is 2.09 bits per heavy atom. The maximum atomic E-state index is 13.1. The van der Waals surface area contributed by atoms with Crippen LogP contribution >= 0.6 is 0 Å². The van der Waals surface area contributed by atoms with Gasteiger partial charge in [0.2, 0.25) is 0 Å². The normalized spacial score (nSPS) is 10.9. The Kier molecular flexibility index (Phi) is 3.57. The summed E-state index contributed by atoms with van der Waals surface area (Å²) >= 11 is 0. The number of hydrogen-bond donors (Lipinski definition) is 2. The molecule has 0 aliphatic heterocycles. The summed E-state index contributed by atoms with van der Waals surface area (Å²) in [5, 5.41) is 14.2. The summed E-state index contributed by atoms with van der Waals surface area (Å²) in [6, 6.07) is 6.24. The van der Waals surface area contributed by atoms with Gasteiger partial charge in [0, 0.05) is 6.07 Å². The molecule has 0 aliphatic carbocycles. The molecule has 3 aromatic rings. The summed E-state index contributed by atoms with van der Waals surface area (Å²) in [6.07, 6.45) is 0. The quantitative estimate of drug-likeness (QED) is 0.717. The number of fused-ring (bicyclic) bond motifs is 1. The average molecular weight is 317 g/mol. The zero-order valence-corrected chi connectivity index (χ0v) is 12.0. The first-order valence-electron chi connectivity index (χ1n) is 6.79. The van der Waals surface area contributed by atoms with Gasteiger partial charge in [-0.25, -0.2) is 13.9 Å². The monoisotopic (exact) mass is 317 g/mol. The van der Waals surface area contributed by atoms with Crippen molar-refractivity contribution < 1.29 is 19.0 Å². The van der Waals surface area contributed by atoms with Crippen LogP contribution in [0.3, 0.4) is 0 Å². The largest absolute Gasteiger partial charge is 0.507 e. The number of ether oxygens (including phenoxy) is 1. The second-order valence-corrected chi connectivity index (χ2v) is 4.70. The molecule has 3 rings (SSSR count). The molecule has 0 amide bonds. The van der Waals surface area contributed by atoms with Gasteiger partial charge in [-0.3, -0.25) is 4.79 Å². The van der Waals surface area contributed by atoms with E-state index in [0.29, 0.717) is 5.69 Å². The lowest BCUT2D eigenvalue weighted by molar-refractivity contribution is 0.0521. The molecule has 0 bridgehead atoms. The van der Waals surface area contributed by atoms with Crippen LogP contribution in [0.25, 0.3) is 16.7 Å². The second kappa shape index (κ2) is 5.56. The van der Waals surface area contributed by atoms with Gasteiger partial charge in [-0.05, 0) is 31.2 Å². The van der Waals surface area contributed by atoms with Gasteiger partial charge < -0.3 is 14.8 Å². The van der Waals surface area contributed by atoms with Crippen LogP contribution in [0.1, 0.15) is 17.4 Å². The number of esters is 1. The molecule has 0 aliphatic rings. The molecule has 2 N–H and O–H groups in total. The van der Waals surface area contributed by atoms with E-state index in [1.54, 1.807) is 6.92 Å². The maximum Gasteiger partial charge on any atom is 0.359 e. The SMILES string of the molecule is CCOC(=O)c1nn(-c2ccc(F)cc2)c2[nH]c(=O)cc(O)c12. The first-order valence-corrected chi connectivity index (χ1v) is 6.79. The van der Waals surface area contributed by atoms with Crippen LogP contribution in [0.15, 0.2) is 35.1 Å². The summed E-state index contributed by atoms with van der Waals surface area (Å²) in [6.45, 7) is 1.77. The number of aromatic nitrogens is 3. The van der Waals surface area contributed by atoms with Gasteiger partial charge in [0.15, 0.2) is 5.69 Å². The molecule has 2 heterocycles. The fraction of sp³-hybridized carbons (Fsp3) is 0.133. The first-order chi connectivity index (χ1) is 11.0. The fourth-order valence-electron chi connectivity index (χ4n) is 2.24. The number of H-pyrrole nitrogens is 1. The number of aromatic hydroxyl groups is 1. The Balaban J connectivity index is 2.32. The second-order valence-electron chi connectivity index (χ2n) is 4.70. The molecule has 0 unspecified atom stereocenters. The smallest absolute Gasteiger partial charge is 0.359 e. The van der Waals surface area contributed by atoms with E-state index in [2.05, 4.69) is 10.1 Å². The molecule has 0 fully saturated rings. The molecule has 1 aromatic carbocycles. The molecule has 0 spiro atoms. The van der Waals surface area contributed by atoms with Gasteiger partial charge in [0.05, 0.1) is 17.7 Å². The van der Waals surface area contributed by atoms with Crippen LogP contribution in [0.5, 0.6) is 5.75 Å². The third kappa shape index (κ3) is 2.54. The van der Waals surface area contributed by atoms with Crippen molar-refractivity contribution in [3.63, 3.8) is 0 Å². The molecule has 0 radical (unpaired) electrons. The number of benzene rings is 1. The molecule has 2 aromatic heterocycles. The summed E-state index contributed by atoms with van der Waals surface area (Å²) in [7, 11) is 0. The number of nitrogens with zero attached hydrogens (tertiary/aromatic N) is 2. The summed E-state index contributed by atoms with van der Waals surface area (Å²) in [4.78, 5) is 26.2. The lowest BCUT2D eigenvalue weighted by atomic mass is 10.2. The topological polar surface area (TPSA) is 97.2 Å². The maximum absolute atomic E-state index is 13.1. The molecule has 0 atom stereocenters. The Morgan fingerprint density at radius 3 is 2.74 bits per heavy atom. The lowest BCUT2D eigenvalue weighted by Gasteiger charge is -2.02. The number of carbonyl (C=O) groups is 1. The van der Waals surface area contributed by atoms with E-state index in [0.717, 1.165) is 6.07 Å². The highest BCUT2D eigenvalue weighted by Crippen LogP contribution is 2.27. The molecule has 23 heavy (non-hydrogen) atoms. The van der Waals surface area contributed by atoms with Gasteiger partial charge in [-0.2, -0.15) is 5.10 Å². The Bertz CT molecular complexity index is 944. The molecule has 118 valence electrons. The number of aromatic amines is 1. The summed E-state index contributed by atoms with van der Waals surface area (Å²) in [5.74, 6) is -1.56. The summed E-state index contributed by atoms with van der Waals surface area (Å²) in [5.41, 5.74) is -0.175. The zero-order chi connectivity index (χ0) is 16.6. The average Bonchev–Trinajstić information content (AvgIpc) is 2.88. The molecular weight excluding hydrogens is 305 g/mol. The fourth-order valence-corrected chi connectivity index (χ4v) is 2.24. The molecule has 8 heteroatoms.